The predicted molar refractivity (Wildman–Crippen MR) is 134 cm³/mol. The van der Waals surface area contributed by atoms with E-state index < -0.39 is 65.2 Å². The van der Waals surface area contributed by atoms with Crippen LogP contribution in [0.2, 0.25) is 10.0 Å². The first-order valence-corrected chi connectivity index (χ1v) is 13.1. The van der Waals surface area contributed by atoms with Crippen molar-refractivity contribution in [2.45, 2.75) is 69.8 Å². The highest BCUT2D eigenvalue weighted by molar-refractivity contribution is 6.39. The number of pyridine rings is 1. The third-order valence-electron chi connectivity index (χ3n) is 7.23. The van der Waals surface area contributed by atoms with E-state index in [2.05, 4.69) is 10.1 Å². The summed E-state index contributed by atoms with van der Waals surface area (Å²) in [4.78, 5) is 43.2. The molecule has 212 valence electrons. The molecular formula is C25H27Cl2F3N4O5. The number of nitrogens with zero attached hydrogens (tertiary/aromatic N) is 4. The summed E-state index contributed by atoms with van der Waals surface area (Å²) in [7, 11) is 0. The van der Waals surface area contributed by atoms with Gasteiger partial charge >= 0.3 is 12.1 Å². The van der Waals surface area contributed by atoms with Gasteiger partial charge in [-0.1, -0.05) is 23.2 Å². The Morgan fingerprint density at radius 1 is 1.13 bits per heavy atom. The number of hydrogen-bond donors (Lipinski definition) is 1. The highest BCUT2D eigenvalue weighted by Gasteiger charge is 2.45. The van der Waals surface area contributed by atoms with Gasteiger partial charge in [0.2, 0.25) is 0 Å². The van der Waals surface area contributed by atoms with Gasteiger partial charge in [-0.15, -0.1) is 0 Å². The fourth-order valence-electron chi connectivity index (χ4n) is 5.29. The van der Waals surface area contributed by atoms with Gasteiger partial charge in [-0.3, -0.25) is 24.0 Å². The molecule has 2 aromatic heterocycles. The third kappa shape index (κ3) is 6.22. The zero-order chi connectivity index (χ0) is 28.7. The van der Waals surface area contributed by atoms with E-state index in [-0.39, 0.29) is 54.3 Å². The summed E-state index contributed by atoms with van der Waals surface area (Å²) in [6.45, 7) is 2.97. The van der Waals surface area contributed by atoms with Crippen molar-refractivity contribution in [3.05, 3.63) is 45.5 Å². The lowest BCUT2D eigenvalue weighted by Gasteiger charge is -2.30. The Morgan fingerprint density at radius 3 is 2.26 bits per heavy atom. The number of carbonyl (C=O) groups excluding carboxylic acids is 2. The number of carboxylic acids is 1. The molecule has 2 fully saturated rings. The number of Topliss-reactive ketones (excluding diaryl/α,β-unsaturated/α-hetero) is 1. The van der Waals surface area contributed by atoms with Gasteiger partial charge in [-0.2, -0.15) is 18.3 Å². The van der Waals surface area contributed by atoms with Crippen molar-refractivity contribution >= 4 is 40.9 Å². The van der Waals surface area contributed by atoms with E-state index >= 15 is 0 Å². The SMILES string of the molecule is CC1(C)CC(N(CC(=O)c2c(Cl)cncc2Cl)C(=O)c2cnn(C3CCC(C(=O)O)CC3)c2C(F)(F)F)CO1. The van der Waals surface area contributed by atoms with Crippen molar-refractivity contribution in [1.29, 1.82) is 0 Å². The molecule has 0 bridgehead atoms. The molecule has 2 aliphatic rings. The number of aromatic nitrogens is 3. The second-order valence-electron chi connectivity index (χ2n) is 10.5. The Balaban J connectivity index is 1.70. The average Bonchev–Trinajstić information content (AvgIpc) is 3.45. The molecule has 0 aromatic carbocycles. The molecule has 1 N–H and O–H groups in total. The molecular weight excluding hydrogens is 564 g/mol. The van der Waals surface area contributed by atoms with Crippen LogP contribution in [0.1, 0.15) is 78.4 Å². The van der Waals surface area contributed by atoms with E-state index in [1.807, 2.05) is 0 Å². The van der Waals surface area contributed by atoms with Crippen LogP contribution in [0, 0.1) is 5.92 Å². The van der Waals surface area contributed by atoms with Gasteiger partial charge in [0.05, 0.1) is 64.1 Å². The molecule has 1 aliphatic carbocycles. The number of amides is 1. The molecule has 3 heterocycles. The minimum atomic E-state index is -4.94. The molecule has 1 saturated heterocycles. The van der Waals surface area contributed by atoms with Crippen LogP contribution in [0.4, 0.5) is 13.2 Å². The molecule has 9 nitrogen and oxygen atoms in total. The van der Waals surface area contributed by atoms with E-state index in [0.29, 0.717) is 0 Å². The summed E-state index contributed by atoms with van der Waals surface area (Å²) in [5.41, 5.74) is -2.70. The van der Waals surface area contributed by atoms with Crippen LogP contribution in [0.3, 0.4) is 0 Å². The number of rotatable bonds is 7. The van der Waals surface area contributed by atoms with Gasteiger partial charge in [0.15, 0.2) is 11.5 Å². The summed E-state index contributed by atoms with van der Waals surface area (Å²) < 4.78 is 49.7. The van der Waals surface area contributed by atoms with Gasteiger partial charge in [0.1, 0.15) is 0 Å². The first kappa shape index (κ1) is 29.3. The second-order valence-corrected chi connectivity index (χ2v) is 11.3. The summed E-state index contributed by atoms with van der Waals surface area (Å²) in [6.07, 6.45) is -0.657. The number of carboxylic acid groups (broad SMARTS) is 1. The number of carbonyl (C=O) groups is 3. The normalized spacial score (nSPS) is 23.0. The monoisotopic (exact) mass is 590 g/mol. The fraction of sp³-hybridized carbons (Fsp3) is 0.560. The molecule has 1 saturated carbocycles. The Labute approximate surface area is 232 Å². The van der Waals surface area contributed by atoms with E-state index in [4.69, 9.17) is 27.9 Å². The Kier molecular flexibility index (Phi) is 8.30. The lowest BCUT2D eigenvalue weighted by Crippen LogP contribution is -2.45. The van der Waals surface area contributed by atoms with Gasteiger partial charge in [-0.05, 0) is 46.0 Å². The fourth-order valence-corrected chi connectivity index (χ4v) is 5.86. The van der Waals surface area contributed by atoms with Crippen LogP contribution in [-0.2, 0) is 15.7 Å². The average molecular weight is 591 g/mol. The molecule has 1 aliphatic heterocycles. The van der Waals surface area contributed by atoms with Crippen molar-refractivity contribution in [3.63, 3.8) is 0 Å². The van der Waals surface area contributed by atoms with E-state index in [9.17, 15) is 32.7 Å². The molecule has 0 radical (unpaired) electrons. The number of halogens is 5. The first-order chi connectivity index (χ1) is 18.2. The molecule has 4 rings (SSSR count). The molecule has 1 amide bonds. The third-order valence-corrected chi connectivity index (χ3v) is 7.80. The molecule has 1 atom stereocenters. The molecule has 1 unspecified atom stereocenters. The van der Waals surface area contributed by atoms with E-state index in [0.717, 1.165) is 15.8 Å². The zero-order valence-corrected chi connectivity index (χ0v) is 22.7. The summed E-state index contributed by atoms with van der Waals surface area (Å²) in [5.74, 6) is -3.32. The van der Waals surface area contributed by atoms with Crippen LogP contribution in [-0.4, -0.2) is 67.2 Å². The van der Waals surface area contributed by atoms with Crippen LogP contribution in [0.25, 0.3) is 0 Å². The number of aliphatic carboxylic acids is 1. The maximum Gasteiger partial charge on any atom is 0.433 e. The summed E-state index contributed by atoms with van der Waals surface area (Å²) in [6, 6.07) is -1.43. The topological polar surface area (TPSA) is 115 Å². The zero-order valence-electron chi connectivity index (χ0n) is 21.2. The number of ketones is 1. The number of alkyl halides is 3. The van der Waals surface area contributed by atoms with Crippen molar-refractivity contribution in [3.8, 4) is 0 Å². The Hall–Kier alpha value is -2.70. The molecule has 0 spiro atoms. The largest absolute Gasteiger partial charge is 0.481 e. The van der Waals surface area contributed by atoms with E-state index in [1.54, 1.807) is 13.8 Å². The Bertz CT molecular complexity index is 1250. The van der Waals surface area contributed by atoms with Gasteiger partial charge in [-0.25, -0.2) is 0 Å². The van der Waals surface area contributed by atoms with Crippen LogP contribution >= 0.6 is 23.2 Å². The maximum atomic E-state index is 14.4. The maximum absolute atomic E-state index is 14.4. The quantitative estimate of drug-likeness (QED) is 0.434. The lowest BCUT2D eigenvalue weighted by molar-refractivity contribution is -0.147. The van der Waals surface area contributed by atoms with Crippen LogP contribution in [0.5, 0.6) is 0 Å². The Morgan fingerprint density at radius 2 is 1.74 bits per heavy atom. The molecule has 2 aromatic rings. The van der Waals surface area contributed by atoms with Gasteiger partial charge in [0, 0.05) is 12.4 Å². The van der Waals surface area contributed by atoms with E-state index in [1.165, 1.54) is 12.4 Å². The lowest BCUT2D eigenvalue weighted by atomic mass is 9.86. The number of hydrogen-bond acceptors (Lipinski definition) is 6. The smallest absolute Gasteiger partial charge is 0.433 e. The molecule has 39 heavy (non-hydrogen) atoms. The molecule has 14 heteroatoms. The van der Waals surface area contributed by atoms with Crippen molar-refractivity contribution in [2.75, 3.05) is 13.2 Å². The van der Waals surface area contributed by atoms with Crippen LogP contribution < -0.4 is 0 Å². The highest BCUT2D eigenvalue weighted by Crippen LogP contribution is 2.40. The minimum absolute atomic E-state index is 0.0124. The van der Waals surface area contributed by atoms with Crippen molar-refractivity contribution < 1.29 is 37.4 Å². The van der Waals surface area contributed by atoms with Crippen molar-refractivity contribution in [2.24, 2.45) is 5.92 Å². The van der Waals surface area contributed by atoms with Gasteiger partial charge in [0.25, 0.3) is 5.91 Å². The second kappa shape index (κ2) is 11.1. The summed E-state index contributed by atoms with van der Waals surface area (Å²) in [5, 5.41) is 13.1. The van der Waals surface area contributed by atoms with Crippen molar-refractivity contribution in [1.82, 2.24) is 19.7 Å². The predicted octanol–water partition coefficient (Wildman–Crippen LogP) is 5.31. The standard InChI is InChI=1S/C25H27Cl2F3N4O5/c1-24(2)7-15(12-39-24)33(11-19(35)20-17(26)9-31-10-18(20)27)22(36)16-8-32-34(21(16)25(28,29)30)14-5-3-13(4-6-14)23(37)38/h8-10,13-15H,3-7,11-12H2,1-2H3,(H,37,38). The summed E-state index contributed by atoms with van der Waals surface area (Å²) >= 11 is 12.2. The van der Waals surface area contributed by atoms with Crippen LogP contribution in [0.15, 0.2) is 18.6 Å². The minimum Gasteiger partial charge on any atom is -0.481 e. The van der Waals surface area contributed by atoms with Gasteiger partial charge < -0.3 is 14.7 Å². The first-order valence-electron chi connectivity index (χ1n) is 12.3. The highest BCUT2D eigenvalue weighted by atomic mass is 35.5. The number of ether oxygens (including phenoxy) is 1.